The molecule has 4 aromatic heterocycles. The topological polar surface area (TPSA) is 95.3 Å². The third kappa shape index (κ3) is 3.08. The number of nitrogens with one attached hydrogen (secondary N) is 1. The van der Waals surface area contributed by atoms with E-state index in [1.54, 1.807) is 42.5 Å². The van der Waals surface area contributed by atoms with Gasteiger partial charge in [0.15, 0.2) is 0 Å². The van der Waals surface area contributed by atoms with Crippen molar-refractivity contribution in [1.82, 2.24) is 23.3 Å². The molecular weight excluding hydrogens is 420 g/mol. The average Bonchev–Trinajstić information content (AvgIpc) is 3.24. The number of aromatic nitrogens is 5. The molecule has 33 heavy (non-hydrogen) atoms. The molecule has 0 saturated heterocycles. The van der Waals surface area contributed by atoms with Crippen LogP contribution < -0.4 is 16.4 Å². The Morgan fingerprint density at radius 3 is 2.42 bits per heavy atom. The molecule has 0 radical (unpaired) electrons. The van der Waals surface area contributed by atoms with Gasteiger partial charge in [-0.05, 0) is 43.7 Å². The molecule has 9 nitrogen and oxygen atoms in total. The minimum atomic E-state index is -0.494. The number of hydrogen-bond acceptors (Lipinski definition) is 4. The molecule has 1 amide bonds. The molecule has 1 N–H and O–H groups in total. The Kier molecular flexibility index (Phi) is 4.56. The van der Waals surface area contributed by atoms with Gasteiger partial charge in [-0.3, -0.25) is 23.5 Å². The van der Waals surface area contributed by atoms with Crippen molar-refractivity contribution >= 4 is 28.3 Å². The summed E-state index contributed by atoms with van der Waals surface area (Å²) in [6.07, 6.45) is 1.72. The normalized spacial score (nSPS) is 11.4. The molecule has 9 heteroatoms. The number of para-hydroxylation sites is 1. The number of nitrogens with zero attached hydrogens (tertiary/aromatic N) is 5. The van der Waals surface area contributed by atoms with Gasteiger partial charge in [0.1, 0.15) is 22.7 Å². The van der Waals surface area contributed by atoms with Crippen molar-refractivity contribution in [3.63, 3.8) is 0 Å². The quantitative estimate of drug-likeness (QED) is 0.465. The standard InChI is InChI=1S/C24H22N6O3/c1-14-10-11-19-25-21-17(23(32)29(19)13-14)12-18(27(21)3)22(31)26-20-15(2)28(4)30(24(20)33)16-8-6-5-7-9-16/h5-13H,1-4H3,(H,26,31). The molecule has 0 fully saturated rings. The van der Waals surface area contributed by atoms with E-state index in [0.29, 0.717) is 28.1 Å². The van der Waals surface area contributed by atoms with Gasteiger partial charge < -0.3 is 9.88 Å². The molecule has 5 rings (SSSR count). The van der Waals surface area contributed by atoms with Crippen molar-refractivity contribution in [2.24, 2.45) is 14.1 Å². The fraction of sp³-hybridized carbons (Fsp3) is 0.167. The maximum absolute atomic E-state index is 13.2. The predicted octanol–water partition coefficient (Wildman–Crippen LogP) is 2.54. The lowest BCUT2D eigenvalue weighted by molar-refractivity contribution is 0.101. The van der Waals surface area contributed by atoms with Crippen LogP contribution in [0.1, 0.15) is 21.7 Å². The van der Waals surface area contributed by atoms with Gasteiger partial charge in [-0.1, -0.05) is 24.3 Å². The van der Waals surface area contributed by atoms with Crippen LogP contribution in [0.2, 0.25) is 0 Å². The van der Waals surface area contributed by atoms with Crippen molar-refractivity contribution in [3.8, 4) is 5.69 Å². The smallest absolute Gasteiger partial charge is 0.295 e. The molecule has 0 saturated carbocycles. The second-order valence-corrected chi connectivity index (χ2v) is 8.07. The van der Waals surface area contributed by atoms with Crippen LogP contribution in [0.5, 0.6) is 0 Å². The van der Waals surface area contributed by atoms with Gasteiger partial charge in [0, 0.05) is 20.3 Å². The lowest BCUT2D eigenvalue weighted by atomic mass is 10.3. The Labute approximate surface area is 188 Å². The second kappa shape index (κ2) is 7.33. The monoisotopic (exact) mass is 442 g/mol. The summed E-state index contributed by atoms with van der Waals surface area (Å²) in [5.41, 5.74) is 2.94. The van der Waals surface area contributed by atoms with Gasteiger partial charge in [0.25, 0.3) is 17.0 Å². The Bertz CT molecular complexity index is 1690. The highest BCUT2D eigenvalue weighted by atomic mass is 16.2. The third-order valence-corrected chi connectivity index (χ3v) is 5.97. The summed E-state index contributed by atoms with van der Waals surface area (Å²) < 4.78 is 6.23. The zero-order chi connectivity index (χ0) is 23.4. The maximum atomic E-state index is 13.2. The predicted molar refractivity (Wildman–Crippen MR) is 126 cm³/mol. The molecule has 0 unspecified atom stereocenters. The largest absolute Gasteiger partial charge is 0.324 e. The number of carbonyl (C=O) groups excluding carboxylic acids is 1. The van der Waals surface area contributed by atoms with Crippen LogP contribution in [0.15, 0.2) is 64.3 Å². The first-order chi connectivity index (χ1) is 15.8. The average molecular weight is 442 g/mol. The molecule has 4 heterocycles. The van der Waals surface area contributed by atoms with Gasteiger partial charge in [-0.15, -0.1) is 0 Å². The molecule has 0 spiro atoms. The number of fused-ring (bicyclic) bond motifs is 2. The summed E-state index contributed by atoms with van der Waals surface area (Å²) in [6.45, 7) is 3.66. The number of anilines is 1. The van der Waals surface area contributed by atoms with Crippen LogP contribution in [0.4, 0.5) is 5.69 Å². The highest BCUT2D eigenvalue weighted by molar-refractivity contribution is 6.06. The molecular formula is C24H22N6O3. The number of benzene rings is 1. The Morgan fingerprint density at radius 2 is 1.70 bits per heavy atom. The molecule has 0 aliphatic heterocycles. The number of amides is 1. The van der Waals surface area contributed by atoms with Gasteiger partial charge in [-0.2, -0.15) is 0 Å². The Balaban J connectivity index is 1.60. The van der Waals surface area contributed by atoms with E-state index in [1.165, 1.54) is 15.1 Å². The van der Waals surface area contributed by atoms with Crippen molar-refractivity contribution in [2.75, 3.05) is 5.32 Å². The van der Waals surface area contributed by atoms with E-state index in [2.05, 4.69) is 10.3 Å². The molecule has 1 aromatic carbocycles. The van der Waals surface area contributed by atoms with Crippen molar-refractivity contribution in [2.45, 2.75) is 13.8 Å². The minimum Gasteiger partial charge on any atom is -0.324 e. The molecule has 166 valence electrons. The lowest BCUT2D eigenvalue weighted by Crippen LogP contribution is -2.23. The molecule has 0 aliphatic carbocycles. The zero-order valence-electron chi connectivity index (χ0n) is 18.7. The van der Waals surface area contributed by atoms with Crippen molar-refractivity contribution in [3.05, 3.63) is 92.4 Å². The second-order valence-electron chi connectivity index (χ2n) is 8.07. The molecule has 0 atom stereocenters. The Hall–Kier alpha value is -4.40. The van der Waals surface area contributed by atoms with E-state index < -0.39 is 5.91 Å². The van der Waals surface area contributed by atoms with Gasteiger partial charge >= 0.3 is 0 Å². The molecule has 0 aliphatic rings. The van der Waals surface area contributed by atoms with Crippen LogP contribution in [0, 0.1) is 13.8 Å². The van der Waals surface area contributed by atoms with Gasteiger partial charge in [0.2, 0.25) is 0 Å². The molecule has 5 aromatic rings. The first-order valence-electron chi connectivity index (χ1n) is 10.4. The van der Waals surface area contributed by atoms with Crippen LogP contribution >= 0.6 is 0 Å². The SMILES string of the molecule is Cc1ccc2nc3c(cc(C(=O)Nc4c(C)n(C)n(-c5ccccc5)c4=O)n3C)c(=O)n2c1. The number of carbonyl (C=O) groups is 1. The van der Waals surface area contributed by atoms with Crippen molar-refractivity contribution < 1.29 is 4.79 Å². The third-order valence-electron chi connectivity index (χ3n) is 5.97. The summed E-state index contributed by atoms with van der Waals surface area (Å²) >= 11 is 0. The van der Waals surface area contributed by atoms with Gasteiger partial charge in [-0.25, -0.2) is 9.67 Å². The first-order valence-corrected chi connectivity index (χ1v) is 10.4. The zero-order valence-corrected chi connectivity index (χ0v) is 18.7. The van der Waals surface area contributed by atoms with Crippen LogP contribution in [-0.2, 0) is 14.1 Å². The van der Waals surface area contributed by atoms with E-state index in [4.69, 9.17) is 0 Å². The summed E-state index contributed by atoms with van der Waals surface area (Å²) in [7, 11) is 3.43. The summed E-state index contributed by atoms with van der Waals surface area (Å²) in [6, 6.07) is 14.4. The van der Waals surface area contributed by atoms with E-state index >= 15 is 0 Å². The first kappa shape index (κ1) is 20.5. The number of rotatable bonds is 3. The number of hydrogen-bond donors (Lipinski definition) is 1. The fourth-order valence-electron chi connectivity index (χ4n) is 4.08. The van der Waals surface area contributed by atoms with Gasteiger partial charge in [0.05, 0.1) is 16.8 Å². The summed E-state index contributed by atoms with van der Waals surface area (Å²) in [4.78, 5) is 43.9. The maximum Gasteiger partial charge on any atom is 0.295 e. The van der Waals surface area contributed by atoms with E-state index in [-0.39, 0.29) is 22.5 Å². The molecule has 0 bridgehead atoms. The number of aryl methyl sites for hydroxylation is 2. The summed E-state index contributed by atoms with van der Waals surface area (Å²) in [5, 5.41) is 3.08. The van der Waals surface area contributed by atoms with Crippen molar-refractivity contribution in [1.29, 1.82) is 0 Å². The minimum absolute atomic E-state index is 0.182. The summed E-state index contributed by atoms with van der Waals surface area (Å²) in [5.74, 6) is -0.494. The van der Waals surface area contributed by atoms with E-state index in [9.17, 15) is 14.4 Å². The highest BCUT2D eigenvalue weighted by Gasteiger charge is 2.22. The van der Waals surface area contributed by atoms with Crippen LogP contribution in [0.25, 0.3) is 22.4 Å². The van der Waals surface area contributed by atoms with Crippen LogP contribution in [0.3, 0.4) is 0 Å². The lowest BCUT2D eigenvalue weighted by Gasteiger charge is -2.07. The van der Waals surface area contributed by atoms with E-state index in [1.807, 2.05) is 43.3 Å². The Morgan fingerprint density at radius 1 is 0.970 bits per heavy atom. The van der Waals surface area contributed by atoms with E-state index in [0.717, 1.165) is 5.56 Å². The fourth-order valence-corrected chi connectivity index (χ4v) is 4.08. The highest BCUT2D eigenvalue weighted by Crippen LogP contribution is 2.19. The number of pyridine rings is 1. The van der Waals surface area contributed by atoms with Crippen LogP contribution in [-0.4, -0.2) is 29.2 Å².